The van der Waals surface area contributed by atoms with E-state index in [-0.39, 0.29) is 11.6 Å². The van der Waals surface area contributed by atoms with E-state index < -0.39 is 4.92 Å². The first-order chi connectivity index (χ1) is 17.5. The highest BCUT2D eigenvalue weighted by atomic mass is 35.5. The molecule has 0 aliphatic heterocycles. The van der Waals surface area contributed by atoms with Crippen molar-refractivity contribution in [2.24, 2.45) is 0 Å². The highest BCUT2D eigenvalue weighted by Gasteiger charge is 2.19. The number of carbonyl (C=O) groups is 1. The molecule has 0 atom stereocenters. The van der Waals surface area contributed by atoms with E-state index in [0.29, 0.717) is 30.1 Å². The first-order valence-corrected chi connectivity index (χ1v) is 12.5. The number of benzene rings is 3. The van der Waals surface area contributed by atoms with Gasteiger partial charge in [-0.2, -0.15) is 0 Å². The average Bonchev–Trinajstić information content (AvgIpc) is 3.49. The molecular weight excluding hydrogens is 496 g/mol. The molecule has 0 N–H and O–H groups in total. The lowest BCUT2D eigenvalue weighted by Gasteiger charge is -2.23. The van der Waals surface area contributed by atoms with Gasteiger partial charge in [0, 0.05) is 65.1 Å². The highest BCUT2D eigenvalue weighted by Crippen LogP contribution is 2.25. The molecule has 0 fully saturated rings. The van der Waals surface area contributed by atoms with Gasteiger partial charge < -0.3 is 4.90 Å². The lowest BCUT2D eigenvalue weighted by atomic mass is 10.1. The van der Waals surface area contributed by atoms with E-state index in [4.69, 9.17) is 16.6 Å². The van der Waals surface area contributed by atoms with Crippen molar-refractivity contribution >= 4 is 39.5 Å². The zero-order valence-corrected chi connectivity index (χ0v) is 20.7. The van der Waals surface area contributed by atoms with Crippen LogP contribution in [0.4, 0.5) is 5.69 Å². The second-order valence-corrected chi connectivity index (χ2v) is 9.55. The number of imidazole rings is 1. The third-order valence-electron chi connectivity index (χ3n) is 5.89. The fourth-order valence-electron chi connectivity index (χ4n) is 3.98. The molecule has 0 saturated heterocycles. The summed E-state index contributed by atoms with van der Waals surface area (Å²) in [6.45, 7) is 0.912. The molecule has 2 aromatic heterocycles. The number of rotatable bonds is 8. The maximum atomic E-state index is 13.4. The minimum Gasteiger partial charge on any atom is -0.334 e. The molecule has 36 heavy (non-hydrogen) atoms. The van der Waals surface area contributed by atoms with Gasteiger partial charge in [-0.05, 0) is 29.8 Å². The maximum Gasteiger partial charge on any atom is 0.269 e. The molecule has 5 aromatic rings. The van der Waals surface area contributed by atoms with Crippen LogP contribution in [0.3, 0.4) is 0 Å². The number of carbonyl (C=O) groups excluding carboxylic acids is 1. The molecule has 9 heteroatoms. The fourth-order valence-corrected chi connectivity index (χ4v) is 5.02. The minimum atomic E-state index is -0.471. The van der Waals surface area contributed by atoms with Gasteiger partial charge in [-0.25, -0.2) is 4.98 Å². The number of thiazole rings is 1. The molecule has 2 heterocycles. The Morgan fingerprint density at radius 2 is 1.75 bits per heavy atom. The molecule has 5 rings (SSSR count). The molecule has 0 unspecified atom stereocenters. The molecule has 0 bridgehead atoms. The third-order valence-corrected chi connectivity index (χ3v) is 7.03. The SMILES string of the molecule is O=C(c1ccc([N+](=O)[O-])cc1)N(CCc1csc2nc(-c3ccc(Cl)cc3)cn12)Cc1ccccc1. The summed E-state index contributed by atoms with van der Waals surface area (Å²) in [7, 11) is 0. The quantitative estimate of drug-likeness (QED) is 0.174. The van der Waals surface area contributed by atoms with Crippen LogP contribution in [0.5, 0.6) is 0 Å². The Bertz CT molecular complexity index is 1510. The Kier molecular flexibility index (Phi) is 6.79. The molecular formula is C27H21ClN4O3S. The van der Waals surface area contributed by atoms with Gasteiger partial charge in [-0.1, -0.05) is 54.1 Å². The Labute approximate surface area is 216 Å². The summed E-state index contributed by atoms with van der Waals surface area (Å²) in [4.78, 5) is 31.3. The standard InChI is InChI=1S/C27H21ClN4O3S/c28-22-10-6-20(7-11-22)25-17-31-24(18-36-27(31)29-25)14-15-30(16-19-4-2-1-3-5-19)26(33)21-8-12-23(13-9-21)32(34)35/h1-13,17-18H,14-16H2. The molecule has 0 aliphatic rings. The monoisotopic (exact) mass is 516 g/mol. The first kappa shape index (κ1) is 23.7. The summed E-state index contributed by atoms with van der Waals surface area (Å²) in [5.41, 5.74) is 4.29. The van der Waals surface area contributed by atoms with E-state index in [1.807, 2.05) is 60.8 Å². The van der Waals surface area contributed by atoms with Gasteiger partial charge in [-0.3, -0.25) is 19.3 Å². The number of amides is 1. The Hall–Kier alpha value is -4.01. The van der Waals surface area contributed by atoms with E-state index in [9.17, 15) is 14.9 Å². The smallest absolute Gasteiger partial charge is 0.269 e. The van der Waals surface area contributed by atoms with Gasteiger partial charge in [0.2, 0.25) is 0 Å². The topological polar surface area (TPSA) is 80.8 Å². The van der Waals surface area contributed by atoms with Gasteiger partial charge in [-0.15, -0.1) is 11.3 Å². The van der Waals surface area contributed by atoms with Crippen LogP contribution < -0.4 is 0 Å². The molecule has 180 valence electrons. The van der Waals surface area contributed by atoms with E-state index >= 15 is 0 Å². The van der Waals surface area contributed by atoms with Gasteiger partial charge in [0.05, 0.1) is 10.6 Å². The number of nitro groups is 1. The number of hydrogen-bond donors (Lipinski definition) is 0. The van der Waals surface area contributed by atoms with Crippen molar-refractivity contribution in [2.45, 2.75) is 13.0 Å². The van der Waals surface area contributed by atoms with Gasteiger partial charge in [0.15, 0.2) is 4.96 Å². The van der Waals surface area contributed by atoms with Crippen molar-refractivity contribution in [3.63, 3.8) is 0 Å². The Morgan fingerprint density at radius 3 is 2.44 bits per heavy atom. The lowest BCUT2D eigenvalue weighted by Crippen LogP contribution is -2.32. The molecule has 1 amide bonds. The fraction of sp³-hybridized carbons (Fsp3) is 0.111. The summed E-state index contributed by atoms with van der Waals surface area (Å²) in [6.07, 6.45) is 2.63. The predicted octanol–water partition coefficient (Wildman–Crippen LogP) is 6.51. The van der Waals surface area contributed by atoms with Crippen LogP contribution in [0.15, 0.2) is 90.4 Å². The summed E-state index contributed by atoms with van der Waals surface area (Å²) >= 11 is 7.57. The van der Waals surface area contributed by atoms with Crippen LogP contribution in [0, 0.1) is 10.1 Å². The number of halogens is 1. The molecule has 0 saturated carbocycles. The second kappa shape index (κ2) is 10.3. The number of non-ortho nitro benzene ring substituents is 1. The van der Waals surface area contributed by atoms with Crippen LogP contribution in [-0.2, 0) is 13.0 Å². The molecule has 0 spiro atoms. The first-order valence-electron chi connectivity index (χ1n) is 11.3. The number of fused-ring (bicyclic) bond motifs is 1. The van der Waals surface area contributed by atoms with E-state index in [1.165, 1.54) is 24.3 Å². The van der Waals surface area contributed by atoms with Gasteiger partial charge in [0.1, 0.15) is 0 Å². The van der Waals surface area contributed by atoms with Crippen LogP contribution in [0.1, 0.15) is 21.6 Å². The Balaban J connectivity index is 1.38. The van der Waals surface area contributed by atoms with Crippen LogP contribution in [-0.4, -0.2) is 31.7 Å². The average molecular weight is 517 g/mol. The number of nitro benzene ring substituents is 1. The number of nitrogens with zero attached hydrogens (tertiary/aromatic N) is 4. The molecule has 0 radical (unpaired) electrons. The number of hydrogen-bond acceptors (Lipinski definition) is 5. The minimum absolute atomic E-state index is 0.0431. The van der Waals surface area contributed by atoms with Crippen molar-refractivity contribution in [3.8, 4) is 11.3 Å². The van der Waals surface area contributed by atoms with Gasteiger partial charge >= 0.3 is 0 Å². The van der Waals surface area contributed by atoms with Crippen LogP contribution >= 0.6 is 22.9 Å². The normalized spacial score (nSPS) is 11.0. The zero-order valence-electron chi connectivity index (χ0n) is 19.1. The van der Waals surface area contributed by atoms with Crippen LogP contribution in [0.25, 0.3) is 16.2 Å². The molecule has 7 nitrogen and oxygen atoms in total. The van der Waals surface area contributed by atoms with Crippen molar-refractivity contribution < 1.29 is 9.72 Å². The van der Waals surface area contributed by atoms with E-state index in [1.54, 1.807) is 16.2 Å². The summed E-state index contributed by atoms with van der Waals surface area (Å²) in [6, 6.07) is 23.1. The number of aromatic nitrogens is 2. The van der Waals surface area contributed by atoms with Crippen molar-refractivity contribution in [1.82, 2.24) is 14.3 Å². The van der Waals surface area contributed by atoms with Crippen LogP contribution in [0.2, 0.25) is 5.02 Å². The van der Waals surface area contributed by atoms with E-state index in [0.717, 1.165) is 27.5 Å². The summed E-state index contributed by atoms with van der Waals surface area (Å²) < 4.78 is 2.06. The molecule has 3 aromatic carbocycles. The Morgan fingerprint density at radius 1 is 1.03 bits per heavy atom. The van der Waals surface area contributed by atoms with Crippen molar-refractivity contribution in [3.05, 3.63) is 122 Å². The highest BCUT2D eigenvalue weighted by molar-refractivity contribution is 7.15. The molecule has 0 aliphatic carbocycles. The maximum absolute atomic E-state index is 13.4. The third kappa shape index (κ3) is 5.15. The zero-order chi connectivity index (χ0) is 25.1. The second-order valence-electron chi connectivity index (χ2n) is 8.28. The van der Waals surface area contributed by atoms with Gasteiger partial charge in [0.25, 0.3) is 11.6 Å². The van der Waals surface area contributed by atoms with Crippen molar-refractivity contribution in [1.29, 1.82) is 0 Å². The van der Waals surface area contributed by atoms with E-state index in [2.05, 4.69) is 9.78 Å². The van der Waals surface area contributed by atoms with Crippen molar-refractivity contribution in [2.75, 3.05) is 6.54 Å². The summed E-state index contributed by atoms with van der Waals surface area (Å²) in [5.74, 6) is -0.173. The predicted molar refractivity (Wildman–Crippen MR) is 141 cm³/mol. The largest absolute Gasteiger partial charge is 0.334 e. The lowest BCUT2D eigenvalue weighted by molar-refractivity contribution is -0.384. The summed E-state index contributed by atoms with van der Waals surface area (Å²) in [5, 5.41) is 13.7.